The van der Waals surface area contributed by atoms with E-state index in [1.165, 1.54) is 36.4 Å². The Kier molecular flexibility index (Phi) is 12.6. The Labute approximate surface area is 290 Å². The molecule has 2 aromatic carbocycles. The largest absolute Gasteiger partial charge is 0.378 e. The predicted molar refractivity (Wildman–Crippen MR) is 196 cm³/mol. The summed E-state index contributed by atoms with van der Waals surface area (Å²) in [6, 6.07) is 17.1. The third-order valence-electron chi connectivity index (χ3n) is 10.1. The number of hydrogen-bond acceptors (Lipinski definition) is 7. The van der Waals surface area contributed by atoms with Crippen molar-refractivity contribution in [3.05, 3.63) is 66.7 Å². The van der Waals surface area contributed by atoms with Gasteiger partial charge in [-0.1, -0.05) is 44.0 Å². The van der Waals surface area contributed by atoms with Crippen molar-refractivity contribution in [2.45, 2.75) is 62.8 Å². The van der Waals surface area contributed by atoms with E-state index < -0.39 is 20.2 Å². The van der Waals surface area contributed by atoms with E-state index in [-0.39, 0.29) is 24.0 Å². The first-order valence-electron chi connectivity index (χ1n) is 17.7. The summed E-state index contributed by atoms with van der Waals surface area (Å²) < 4.78 is 61.4. The Bertz CT molecular complexity index is 1550. The van der Waals surface area contributed by atoms with Crippen molar-refractivity contribution in [2.75, 3.05) is 89.3 Å². The van der Waals surface area contributed by atoms with Crippen LogP contribution in [0.2, 0.25) is 0 Å². The smallest absolute Gasteiger partial charge is 0.282 e. The molecule has 48 heavy (non-hydrogen) atoms. The number of benzene rings is 2. The fourth-order valence-electron chi connectivity index (χ4n) is 7.45. The van der Waals surface area contributed by atoms with Crippen LogP contribution in [0, 0.1) is 5.92 Å². The highest BCUT2D eigenvalue weighted by Gasteiger charge is 2.36. The summed E-state index contributed by atoms with van der Waals surface area (Å²) in [6.07, 6.45) is 7.72. The number of nitrogens with zero attached hydrogens (tertiary/aromatic N) is 6. The lowest BCUT2D eigenvalue weighted by molar-refractivity contribution is 0.187. The molecular weight excluding hydrogens is 645 g/mol. The quantitative estimate of drug-likeness (QED) is 0.368. The highest BCUT2D eigenvalue weighted by Crippen LogP contribution is 2.27. The Morgan fingerprint density at radius 3 is 1.98 bits per heavy atom. The molecule has 0 aromatic heterocycles. The molecule has 1 saturated carbocycles. The monoisotopic (exact) mass is 700 g/mol. The van der Waals surface area contributed by atoms with Crippen LogP contribution < -0.4 is 9.80 Å². The highest BCUT2D eigenvalue weighted by atomic mass is 32.2. The fraction of sp³-hybridized carbons (Fsp3) is 0.611. The van der Waals surface area contributed by atoms with Gasteiger partial charge in [0.15, 0.2) is 0 Å². The predicted octanol–water partition coefficient (Wildman–Crippen LogP) is 4.73. The summed E-state index contributed by atoms with van der Waals surface area (Å²) in [6.45, 7) is 11.1. The Morgan fingerprint density at radius 1 is 0.729 bits per heavy atom. The van der Waals surface area contributed by atoms with E-state index >= 15 is 0 Å². The zero-order chi connectivity index (χ0) is 34.3. The average Bonchev–Trinajstić information content (AvgIpc) is 3.07. The first-order chi connectivity index (χ1) is 22.9. The minimum atomic E-state index is -3.83. The lowest BCUT2D eigenvalue weighted by Gasteiger charge is -2.42. The van der Waals surface area contributed by atoms with Gasteiger partial charge in [-0.05, 0) is 93.6 Å². The molecule has 0 radical (unpaired) electrons. The minimum Gasteiger partial charge on any atom is -0.378 e. The number of para-hydroxylation sites is 1. The topological polar surface area (TPSA) is 87.7 Å². The van der Waals surface area contributed by atoms with Gasteiger partial charge in [0.25, 0.3) is 10.2 Å². The second-order valence-corrected chi connectivity index (χ2v) is 17.9. The maximum Gasteiger partial charge on any atom is 0.282 e. The number of hydrogen-bond donors (Lipinski definition) is 0. The van der Waals surface area contributed by atoms with Gasteiger partial charge in [0, 0.05) is 83.9 Å². The van der Waals surface area contributed by atoms with Crippen LogP contribution in [-0.2, 0) is 20.2 Å². The van der Waals surface area contributed by atoms with Gasteiger partial charge in [-0.2, -0.15) is 21.3 Å². The second-order valence-electron chi connectivity index (χ2n) is 14.1. The van der Waals surface area contributed by atoms with E-state index in [1.807, 2.05) is 49.3 Å². The molecule has 3 fully saturated rings. The standard InChI is InChI=1S/C36H56N6O4S2/c1-31-27-39(47(43,44)36-19-17-34(18-20-36)37(3)4)23-11-21-38(30-33-13-7-5-8-14-33)22-12-24-40(28-31)48(45,46)41-25-26-42(32(2)29-41)35-15-9-6-10-16-35/h6,9-10,15-20,32-33H,1,5,7-8,11-14,21-30H2,2-4H3/t32-/m0/s1. The van der Waals surface area contributed by atoms with Gasteiger partial charge in [0.2, 0.25) is 10.0 Å². The first-order valence-corrected chi connectivity index (χ1v) is 20.5. The Morgan fingerprint density at radius 2 is 1.35 bits per heavy atom. The van der Waals surface area contributed by atoms with Crippen LogP contribution in [0.4, 0.5) is 11.4 Å². The summed E-state index contributed by atoms with van der Waals surface area (Å²) in [4.78, 5) is 6.89. The number of rotatable bonds is 8. The van der Waals surface area contributed by atoms with E-state index in [1.54, 1.807) is 20.7 Å². The van der Waals surface area contributed by atoms with Gasteiger partial charge >= 0.3 is 0 Å². The normalized spacial score (nSPS) is 23.0. The summed E-state index contributed by atoms with van der Waals surface area (Å²) in [5.41, 5.74) is 2.59. The van der Waals surface area contributed by atoms with Crippen LogP contribution in [-0.4, -0.2) is 120 Å². The van der Waals surface area contributed by atoms with Gasteiger partial charge in [-0.15, -0.1) is 0 Å². The van der Waals surface area contributed by atoms with Crippen LogP contribution in [0.3, 0.4) is 0 Å². The van der Waals surface area contributed by atoms with Gasteiger partial charge in [0.05, 0.1) is 4.90 Å². The zero-order valence-electron chi connectivity index (χ0n) is 29.2. The van der Waals surface area contributed by atoms with Crippen LogP contribution >= 0.6 is 0 Å². The molecule has 0 spiro atoms. The fourth-order valence-corrected chi connectivity index (χ4v) is 10.7. The molecule has 5 rings (SSSR count). The molecule has 0 unspecified atom stereocenters. The van der Waals surface area contributed by atoms with Crippen LogP contribution in [0.15, 0.2) is 71.6 Å². The molecule has 1 aliphatic carbocycles. The van der Waals surface area contributed by atoms with E-state index in [0.717, 1.165) is 37.4 Å². The van der Waals surface area contributed by atoms with Crippen molar-refractivity contribution >= 4 is 31.6 Å². The summed E-state index contributed by atoms with van der Waals surface area (Å²) in [7, 11) is -3.81. The molecular formula is C36H56N6O4S2. The van der Waals surface area contributed by atoms with E-state index in [4.69, 9.17) is 0 Å². The third-order valence-corrected chi connectivity index (χ3v) is 13.9. The lowest BCUT2D eigenvalue weighted by Crippen LogP contribution is -2.57. The summed E-state index contributed by atoms with van der Waals surface area (Å²) in [5, 5.41) is 0. The molecule has 0 N–H and O–H groups in total. The van der Waals surface area contributed by atoms with Crippen molar-refractivity contribution in [2.24, 2.45) is 5.92 Å². The van der Waals surface area contributed by atoms with E-state index in [0.29, 0.717) is 50.6 Å². The van der Waals surface area contributed by atoms with Gasteiger partial charge < -0.3 is 14.7 Å². The first kappa shape index (κ1) is 36.8. The van der Waals surface area contributed by atoms with Gasteiger partial charge in [-0.25, -0.2) is 8.42 Å². The van der Waals surface area contributed by atoms with Crippen molar-refractivity contribution in [3.63, 3.8) is 0 Å². The molecule has 266 valence electrons. The van der Waals surface area contributed by atoms with E-state index in [2.05, 4.69) is 35.4 Å². The van der Waals surface area contributed by atoms with Crippen LogP contribution in [0.25, 0.3) is 0 Å². The molecule has 2 aliphatic heterocycles. The molecule has 2 saturated heterocycles. The maximum absolute atomic E-state index is 14.3. The minimum absolute atomic E-state index is 0.0112. The summed E-state index contributed by atoms with van der Waals surface area (Å²) >= 11 is 0. The van der Waals surface area contributed by atoms with Crippen molar-refractivity contribution < 1.29 is 16.8 Å². The zero-order valence-corrected chi connectivity index (χ0v) is 30.8. The number of sulfonamides is 1. The van der Waals surface area contributed by atoms with Gasteiger partial charge in [-0.3, -0.25) is 0 Å². The Hall–Kier alpha value is -2.48. The SMILES string of the molecule is C=C1CN(S(=O)(=O)c2ccc(N(C)C)cc2)CCCN(CC2CCCCC2)CCCN(S(=O)(=O)N2CCN(c3ccccc3)[C@@H](C)C2)C1. The molecule has 3 aliphatic rings. The van der Waals surface area contributed by atoms with Crippen LogP contribution in [0.1, 0.15) is 51.9 Å². The highest BCUT2D eigenvalue weighted by molar-refractivity contribution is 7.89. The lowest BCUT2D eigenvalue weighted by atomic mass is 9.89. The molecule has 2 heterocycles. The molecule has 2 aromatic rings. The Balaban J connectivity index is 1.36. The number of anilines is 2. The molecule has 10 nitrogen and oxygen atoms in total. The second kappa shape index (κ2) is 16.5. The van der Waals surface area contributed by atoms with Crippen LogP contribution in [0.5, 0.6) is 0 Å². The third kappa shape index (κ3) is 9.19. The van der Waals surface area contributed by atoms with Crippen molar-refractivity contribution in [1.82, 2.24) is 17.8 Å². The molecule has 1 atom stereocenters. The number of piperazine rings is 1. The molecule has 0 bridgehead atoms. The molecule has 0 amide bonds. The van der Waals surface area contributed by atoms with E-state index in [9.17, 15) is 16.8 Å². The summed E-state index contributed by atoms with van der Waals surface area (Å²) in [5.74, 6) is 0.642. The maximum atomic E-state index is 14.3. The van der Waals surface area contributed by atoms with Crippen molar-refractivity contribution in [3.8, 4) is 0 Å². The van der Waals surface area contributed by atoms with Gasteiger partial charge in [0.1, 0.15) is 0 Å². The average molecular weight is 701 g/mol. The molecule has 12 heteroatoms. The van der Waals surface area contributed by atoms with Crippen molar-refractivity contribution in [1.29, 1.82) is 0 Å².